The molecule has 1 N–H and O–H groups in total. The molecule has 7 heteroatoms. The number of nitrogens with one attached hydrogen (secondary N) is 1. The highest BCUT2D eigenvalue weighted by Crippen LogP contribution is 2.31. The third kappa shape index (κ3) is 2.77. The van der Waals surface area contributed by atoms with E-state index in [1.807, 2.05) is 13.8 Å². The Kier molecular flexibility index (Phi) is 4.56. The number of aromatic nitrogens is 1. The van der Waals surface area contributed by atoms with Crippen LogP contribution in [-0.2, 0) is 10.0 Å². The predicted octanol–water partition coefficient (Wildman–Crippen LogP) is 2.73. The standard InChI is InChI=1S/C13H20ClN3O2S/c1-9-5-4-6-10(2)17(9)20(18,19)11-7-12(14)13(15-3)16-8-11/h7-10H,4-6H2,1-3H3,(H,15,16). The second kappa shape index (κ2) is 5.87. The van der Waals surface area contributed by atoms with Crippen LogP contribution in [0.25, 0.3) is 0 Å². The van der Waals surface area contributed by atoms with Crippen LogP contribution in [0.3, 0.4) is 0 Å². The summed E-state index contributed by atoms with van der Waals surface area (Å²) in [4.78, 5) is 4.21. The van der Waals surface area contributed by atoms with Crippen molar-refractivity contribution in [3.63, 3.8) is 0 Å². The summed E-state index contributed by atoms with van der Waals surface area (Å²) in [7, 11) is -1.86. The van der Waals surface area contributed by atoms with Crippen molar-refractivity contribution in [1.29, 1.82) is 0 Å². The molecule has 2 rings (SSSR count). The molecule has 1 aliphatic rings. The summed E-state index contributed by atoms with van der Waals surface area (Å²) in [5.41, 5.74) is 0. The molecule has 5 nitrogen and oxygen atoms in total. The van der Waals surface area contributed by atoms with E-state index in [4.69, 9.17) is 11.6 Å². The lowest BCUT2D eigenvalue weighted by Crippen LogP contribution is -2.47. The Morgan fingerprint density at radius 1 is 1.35 bits per heavy atom. The van der Waals surface area contributed by atoms with Gasteiger partial charge < -0.3 is 5.32 Å². The lowest BCUT2D eigenvalue weighted by molar-refractivity contribution is 0.204. The summed E-state index contributed by atoms with van der Waals surface area (Å²) >= 11 is 6.04. The second-order valence-electron chi connectivity index (χ2n) is 5.22. The zero-order chi connectivity index (χ0) is 14.9. The topological polar surface area (TPSA) is 62.3 Å². The van der Waals surface area contributed by atoms with Crippen molar-refractivity contribution in [3.8, 4) is 0 Å². The van der Waals surface area contributed by atoms with E-state index in [0.717, 1.165) is 19.3 Å². The Morgan fingerprint density at radius 2 is 1.95 bits per heavy atom. The van der Waals surface area contributed by atoms with Gasteiger partial charge in [0.1, 0.15) is 10.7 Å². The van der Waals surface area contributed by atoms with Gasteiger partial charge in [0.2, 0.25) is 10.0 Å². The van der Waals surface area contributed by atoms with E-state index < -0.39 is 10.0 Å². The highest BCUT2D eigenvalue weighted by atomic mass is 35.5. The number of nitrogens with zero attached hydrogens (tertiary/aromatic N) is 2. The minimum Gasteiger partial charge on any atom is -0.372 e. The fraction of sp³-hybridized carbons (Fsp3) is 0.615. The van der Waals surface area contributed by atoms with E-state index in [-0.39, 0.29) is 17.0 Å². The quantitative estimate of drug-likeness (QED) is 0.931. The molecular weight excluding hydrogens is 298 g/mol. The Balaban J connectivity index is 2.41. The largest absolute Gasteiger partial charge is 0.372 e. The average molecular weight is 318 g/mol. The van der Waals surface area contributed by atoms with Crippen LogP contribution in [-0.4, -0.2) is 36.8 Å². The maximum Gasteiger partial charge on any atom is 0.245 e. The molecule has 1 fully saturated rings. The number of sulfonamides is 1. The van der Waals surface area contributed by atoms with E-state index in [1.165, 1.54) is 12.3 Å². The normalized spacial score (nSPS) is 24.6. The van der Waals surface area contributed by atoms with Gasteiger partial charge in [0.25, 0.3) is 0 Å². The molecule has 0 aromatic carbocycles. The van der Waals surface area contributed by atoms with Gasteiger partial charge in [0.05, 0.1) is 5.02 Å². The van der Waals surface area contributed by atoms with Gasteiger partial charge in [-0.1, -0.05) is 18.0 Å². The minimum atomic E-state index is -3.55. The molecule has 0 aliphatic carbocycles. The van der Waals surface area contributed by atoms with Gasteiger partial charge in [-0.15, -0.1) is 0 Å². The molecule has 0 radical (unpaired) electrons. The first-order chi connectivity index (χ1) is 9.37. The molecule has 1 aromatic rings. The first-order valence-electron chi connectivity index (χ1n) is 6.74. The molecule has 0 amide bonds. The number of piperidine rings is 1. The van der Waals surface area contributed by atoms with E-state index in [0.29, 0.717) is 10.8 Å². The second-order valence-corrected chi connectivity index (χ2v) is 7.47. The molecule has 2 unspecified atom stereocenters. The Hall–Kier alpha value is -0.850. The van der Waals surface area contributed by atoms with E-state index in [2.05, 4.69) is 10.3 Å². The lowest BCUT2D eigenvalue weighted by Gasteiger charge is -2.37. The summed E-state index contributed by atoms with van der Waals surface area (Å²) in [5, 5.41) is 3.13. The van der Waals surface area contributed by atoms with Crippen molar-refractivity contribution >= 4 is 27.4 Å². The van der Waals surface area contributed by atoms with Crippen molar-refractivity contribution in [2.75, 3.05) is 12.4 Å². The third-order valence-electron chi connectivity index (χ3n) is 3.74. The fourth-order valence-electron chi connectivity index (χ4n) is 2.74. The van der Waals surface area contributed by atoms with Crippen molar-refractivity contribution in [2.24, 2.45) is 0 Å². The predicted molar refractivity (Wildman–Crippen MR) is 80.6 cm³/mol. The third-order valence-corrected chi connectivity index (χ3v) is 6.12. The maximum absolute atomic E-state index is 12.8. The van der Waals surface area contributed by atoms with Crippen LogP contribution in [0.2, 0.25) is 5.02 Å². The lowest BCUT2D eigenvalue weighted by atomic mass is 10.0. The summed E-state index contributed by atoms with van der Waals surface area (Å²) in [6.45, 7) is 3.90. The van der Waals surface area contributed by atoms with Gasteiger partial charge in [0.15, 0.2) is 0 Å². The van der Waals surface area contributed by atoms with Gasteiger partial charge in [0, 0.05) is 25.3 Å². The number of halogens is 1. The fourth-order valence-corrected chi connectivity index (χ4v) is 4.92. The van der Waals surface area contributed by atoms with Crippen LogP contribution in [0.4, 0.5) is 5.82 Å². The van der Waals surface area contributed by atoms with Gasteiger partial charge in [-0.2, -0.15) is 4.31 Å². The van der Waals surface area contributed by atoms with Gasteiger partial charge >= 0.3 is 0 Å². The van der Waals surface area contributed by atoms with Gasteiger partial charge in [-0.05, 0) is 32.8 Å². The summed E-state index contributed by atoms with van der Waals surface area (Å²) in [6, 6.07) is 1.47. The van der Waals surface area contributed by atoms with Crippen LogP contribution in [0, 0.1) is 0 Å². The molecule has 0 saturated carbocycles. The number of pyridine rings is 1. The highest BCUT2D eigenvalue weighted by molar-refractivity contribution is 7.89. The van der Waals surface area contributed by atoms with Crippen LogP contribution < -0.4 is 5.32 Å². The molecular formula is C13H20ClN3O2S. The monoisotopic (exact) mass is 317 g/mol. The number of anilines is 1. The zero-order valence-corrected chi connectivity index (χ0v) is 13.5. The first kappa shape index (κ1) is 15.5. The SMILES string of the molecule is CNc1ncc(S(=O)(=O)N2C(C)CCCC2C)cc1Cl. The molecule has 2 heterocycles. The average Bonchev–Trinajstić information content (AvgIpc) is 2.38. The van der Waals surface area contributed by atoms with Crippen molar-refractivity contribution in [1.82, 2.24) is 9.29 Å². The molecule has 112 valence electrons. The molecule has 0 bridgehead atoms. The maximum atomic E-state index is 12.8. The van der Waals surface area contributed by atoms with Crippen LogP contribution in [0.1, 0.15) is 33.1 Å². The summed E-state index contributed by atoms with van der Waals surface area (Å²) in [6.07, 6.45) is 4.20. The van der Waals surface area contributed by atoms with Gasteiger partial charge in [-0.25, -0.2) is 13.4 Å². The molecule has 1 aromatic heterocycles. The minimum absolute atomic E-state index is 0.00602. The van der Waals surface area contributed by atoms with Crippen LogP contribution in [0.5, 0.6) is 0 Å². The summed E-state index contributed by atoms with van der Waals surface area (Å²) in [5.74, 6) is 0.477. The molecule has 0 spiro atoms. The number of hydrogen-bond donors (Lipinski definition) is 1. The van der Waals surface area contributed by atoms with Gasteiger partial charge in [-0.3, -0.25) is 0 Å². The highest BCUT2D eigenvalue weighted by Gasteiger charge is 2.36. The van der Waals surface area contributed by atoms with E-state index >= 15 is 0 Å². The molecule has 1 aliphatic heterocycles. The first-order valence-corrected chi connectivity index (χ1v) is 8.56. The zero-order valence-electron chi connectivity index (χ0n) is 11.9. The Labute approximate surface area is 125 Å². The molecule has 20 heavy (non-hydrogen) atoms. The van der Waals surface area contributed by atoms with E-state index in [9.17, 15) is 8.42 Å². The van der Waals surface area contributed by atoms with Crippen LogP contribution in [0.15, 0.2) is 17.2 Å². The number of hydrogen-bond acceptors (Lipinski definition) is 4. The van der Waals surface area contributed by atoms with Crippen molar-refractivity contribution in [3.05, 3.63) is 17.3 Å². The summed E-state index contributed by atoms with van der Waals surface area (Å²) < 4.78 is 27.1. The number of rotatable bonds is 3. The molecule has 1 saturated heterocycles. The Morgan fingerprint density at radius 3 is 2.45 bits per heavy atom. The smallest absolute Gasteiger partial charge is 0.245 e. The Bertz CT molecular complexity index is 581. The van der Waals surface area contributed by atoms with E-state index in [1.54, 1.807) is 11.4 Å². The van der Waals surface area contributed by atoms with Crippen molar-refractivity contribution < 1.29 is 8.42 Å². The van der Waals surface area contributed by atoms with Crippen LogP contribution >= 0.6 is 11.6 Å². The van der Waals surface area contributed by atoms with Crippen molar-refractivity contribution in [2.45, 2.75) is 50.1 Å². The molecule has 2 atom stereocenters.